The SMILES string of the molecule is C/C=C(\C)c1cc(=O)c2c(C)cc3c(c2o1)C(=O)c1c(O)c([C@H]2C[C@](C)(N(C)C)[C@H](O)[C@H](C)O2)cc(C2=C[C@@H](N(C)C)[C@H](O)[C@@H](C)O2)c1C3=O. The summed E-state index contributed by atoms with van der Waals surface area (Å²) in [6, 6.07) is 4.03. The van der Waals surface area contributed by atoms with E-state index in [4.69, 9.17) is 13.9 Å². The second-order valence-electron chi connectivity index (χ2n) is 14.6. The van der Waals surface area contributed by atoms with E-state index in [1.807, 2.05) is 44.9 Å². The summed E-state index contributed by atoms with van der Waals surface area (Å²) < 4.78 is 18.8. The average Bonchev–Trinajstić information content (AvgIpc) is 3.05. The van der Waals surface area contributed by atoms with E-state index in [0.717, 1.165) is 0 Å². The summed E-state index contributed by atoms with van der Waals surface area (Å²) in [6.07, 6.45) is -0.131. The Bertz CT molecular complexity index is 2060. The Morgan fingerprint density at radius 1 is 0.960 bits per heavy atom. The molecular weight excluding hydrogens is 640 g/mol. The summed E-state index contributed by atoms with van der Waals surface area (Å²) in [5, 5.41) is 34.5. The van der Waals surface area contributed by atoms with Crippen LogP contribution in [0.5, 0.6) is 5.75 Å². The van der Waals surface area contributed by atoms with Gasteiger partial charge in [0.05, 0.1) is 40.9 Å². The zero-order valence-electron chi connectivity index (χ0n) is 30.2. The van der Waals surface area contributed by atoms with Crippen molar-refractivity contribution in [1.29, 1.82) is 0 Å². The molecule has 0 unspecified atom stereocenters. The minimum atomic E-state index is -0.879. The number of carbonyl (C=O) groups excluding carboxylic acids is 2. The maximum absolute atomic E-state index is 14.9. The Morgan fingerprint density at radius 2 is 1.64 bits per heavy atom. The molecule has 0 spiro atoms. The van der Waals surface area contributed by atoms with Crippen LogP contribution in [-0.2, 0) is 9.47 Å². The van der Waals surface area contributed by atoms with Crippen molar-refractivity contribution < 1.29 is 38.8 Å². The number of allylic oxidation sites excluding steroid dienone is 2. The molecule has 7 atom stereocenters. The minimum Gasteiger partial charge on any atom is -0.507 e. The van der Waals surface area contributed by atoms with Crippen LogP contribution in [0.25, 0.3) is 22.3 Å². The number of ether oxygens (including phenoxy) is 2. The highest BCUT2D eigenvalue weighted by Gasteiger charge is 2.48. The van der Waals surface area contributed by atoms with E-state index in [1.165, 1.54) is 12.1 Å². The molecule has 11 heteroatoms. The van der Waals surface area contributed by atoms with Crippen LogP contribution in [0.1, 0.15) is 101 Å². The molecular formula is C39H46N2O9. The lowest BCUT2D eigenvalue weighted by Gasteiger charge is -2.49. The van der Waals surface area contributed by atoms with Crippen molar-refractivity contribution >= 4 is 33.9 Å². The highest BCUT2D eigenvalue weighted by Crippen LogP contribution is 2.48. The van der Waals surface area contributed by atoms with Crippen LogP contribution in [0.2, 0.25) is 0 Å². The number of ketones is 2. The van der Waals surface area contributed by atoms with Gasteiger partial charge in [-0.1, -0.05) is 6.08 Å². The number of carbonyl (C=O) groups is 2. The standard InChI is InChI=1S/C39H46N2O9/c1-11-17(2)26-15-25(42)29-18(3)12-23-31(37(29)50-26)36(46)32-30(35(23)45)21(27-14-24(40(7)8)33(43)19(4)48-27)13-22(34(32)44)28-16-39(6,41(9)10)38(47)20(5)49-28/h11-15,19-20,24,28,33,38,43-44,47H,16H2,1-10H3/b17-11+/t19-,20+,24-,28-,33-,38-,39+/m1/s1. The summed E-state index contributed by atoms with van der Waals surface area (Å²) in [6.45, 7) is 10.6. The van der Waals surface area contributed by atoms with Gasteiger partial charge in [0.15, 0.2) is 16.8 Å². The number of benzene rings is 2. The van der Waals surface area contributed by atoms with Gasteiger partial charge < -0.3 is 39.0 Å². The van der Waals surface area contributed by atoms with E-state index in [-0.39, 0.29) is 67.7 Å². The summed E-state index contributed by atoms with van der Waals surface area (Å²) in [4.78, 5) is 46.8. The molecule has 3 aliphatic rings. The Kier molecular flexibility index (Phi) is 8.98. The predicted molar refractivity (Wildman–Crippen MR) is 190 cm³/mol. The van der Waals surface area contributed by atoms with E-state index in [0.29, 0.717) is 11.1 Å². The van der Waals surface area contributed by atoms with Crippen molar-refractivity contribution in [2.75, 3.05) is 28.2 Å². The number of fused-ring (bicyclic) bond motifs is 4. The molecule has 2 aromatic carbocycles. The second-order valence-corrected chi connectivity index (χ2v) is 14.6. The number of nitrogens with zero attached hydrogens (tertiary/aromatic N) is 2. The molecule has 266 valence electrons. The number of likely N-dealkylation sites (N-methyl/N-ethyl adjacent to an activating group) is 2. The predicted octanol–water partition coefficient (Wildman–Crippen LogP) is 4.59. The fraction of sp³-hybridized carbons (Fsp3) is 0.462. The maximum Gasteiger partial charge on any atom is 0.202 e. The van der Waals surface area contributed by atoms with Gasteiger partial charge in [0.1, 0.15) is 29.5 Å². The number of hydrogen-bond acceptors (Lipinski definition) is 11. The van der Waals surface area contributed by atoms with Gasteiger partial charge in [-0.25, -0.2) is 0 Å². The van der Waals surface area contributed by atoms with Gasteiger partial charge in [-0.05, 0) is 105 Å². The van der Waals surface area contributed by atoms with Crippen LogP contribution >= 0.6 is 0 Å². The molecule has 3 aromatic rings. The first-order valence-corrected chi connectivity index (χ1v) is 16.9. The lowest BCUT2D eigenvalue weighted by atomic mass is 9.75. The minimum absolute atomic E-state index is 0.0255. The van der Waals surface area contributed by atoms with Gasteiger partial charge in [0.2, 0.25) is 5.78 Å². The molecule has 3 N–H and O–H groups in total. The number of aliphatic hydroxyl groups excluding tert-OH is 2. The number of phenols is 1. The Labute approximate surface area is 291 Å². The van der Waals surface area contributed by atoms with Crippen molar-refractivity contribution in [3.63, 3.8) is 0 Å². The molecule has 11 nitrogen and oxygen atoms in total. The zero-order valence-corrected chi connectivity index (χ0v) is 30.2. The quantitative estimate of drug-likeness (QED) is 0.271. The van der Waals surface area contributed by atoms with Crippen LogP contribution in [0.3, 0.4) is 0 Å². The summed E-state index contributed by atoms with van der Waals surface area (Å²) >= 11 is 0. The van der Waals surface area contributed by atoms with Crippen LogP contribution in [0.4, 0.5) is 0 Å². The van der Waals surface area contributed by atoms with Gasteiger partial charge in [-0.2, -0.15) is 0 Å². The third kappa shape index (κ3) is 5.34. The maximum atomic E-state index is 14.9. The molecule has 0 radical (unpaired) electrons. The van der Waals surface area contributed by atoms with Gasteiger partial charge in [-0.15, -0.1) is 0 Å². The van der Waals surface area contributed by atoms with Gasteiger partial charge >= 0.3 is 0 Å². The lowest BCUT2D eigenvalue weighted by molar-refractivity contribution is -0.176. The number of aliphatic hydroxyl groups is 2. The molecule has 1 aliphatic carbocycles. The fourth-order valence-corrected chi connectivity index (χ4v) is 7.58. The summed E-state index contributed by atoms with van der Waals surface area (Å²) in [5.74, 6) is -1.16. The number of aromatic hydroxyl groups is 1. The van der Waals surface area contributed by atoms with Crippen molar-refractivity contribution in [3.05, 3.63) is 85.3 Å². The first kappa shape index (κ1) is 35.7. The van der Waals surface area contributed by atoms with Crippen molar-refractivity contribution in [2.24, 2.45) is 0 Å². The molecule has 2 aliphatic heterocycles. The monoisotopic (exact) mass is 686 g/mol. The van der Waals surface area contributed by atoms with Gasteiger partial charge in [0.25, 0.3) is 0 Å². The van der Waals surface area contributed by atoms with Gasteiger partial charge in [0, 0.05) is 33.9 Å². The molecule has 1 fully saturated rings. The molecule has 0 bridgehead atoms. The molecule has 3 heterocycles. The summed E-state index contributed by atoms with van der Waals surface area (Å²) in [5.41, 5.74) is 0.0960. The average molecular weight is 687 g/mol. The Morgan fingerprint density at radius 3 is 2.26 bits per heavy atom. The first-order chi connectivity index (χ1) is 23.4. The van der Waals surface area contributed by atoms with E-state index < -0.39 is 59.4 Å². The number of rotatable bonds is 5. The molecule has 0 saturated carbocycles. The highest BCUT2D eigenvalue weighted by molar-refractivity contribution is 6.33. The van der Waals surface area contributed by atoms with Crippen LogP contribution in [0.15, 0.2) is 39.6 Å². The topological polar surface area (TPSA) is 150 Å². The number of aryl methyl sites for hydroxylation is 1. The number of phenolic OH excluding ortho intramolecular Hbond substituents is 1. The van der Waals surface area contributed by atoms with E-state index in [9.17, 15) is 29.7 Å². The van der Waals surface area contributed by atoms with E-state index in [2.05, 4.69) is 0 Å². The highest BCUT2D eigenvalue weighted by atomic mass is 16.5. The summed E-state index contributed by atoms with van der Waals surface area (Å²) in [7, 11) is 7.35. The van der Waals surface area contributed by atoms with E-state index >= 15 is 0 Å². The second kappa shape index (κ2) is 12.6. The molecule has 1 saturated heterocycles. The Balaban J connectivity index is 1.68. The normalized spacial score (nSPS) is 28.5. The lowest BCUT2D eigenvalue weighted by Crippen LogP contribution is -2.59. The Hall–Kier alpha value is -4.13. The van der Waals surface area contributed by atoms with Crippen molar-refractivity contribution in [1.82, 2.24) is 9.80 Å². The smallest absolute Gasteiger partial charge is 0.202 e. The van der Waals surface area contributed by atoms with E-state index in [1.54, 1.807) is 52.8 Å². The first-order valence-electron chi connectivity index (χ1n) is 16.9. The van der Waals surface area contributed by atoms with Gasteiger partial charge in [-0.3, -0.25) is 14.4 Å². The third-order valence-corrected chi connectivity index (χ3v) is 11.0. The molecule has 6 rings (SSSR count). The molecule has 0 amide bonds. The van der Waals surface area contributed by atoms with Crippen LogP contribution < -0.4 is 5.43 Å². The molecule has 50 heavy (non-hydrogen) atoms. The van der Waals surface area contributed by atoms with Crippen LogP contribution in [0, 0.1) is 6.92 Å². The number of hydrogen-bond donors (Lipinski definition) is 3. The largest absolute Gasteiger partial charge is 0.507 e. The van der Waals surface area contributed by atoms with Crippen LogP contribution in [-0.4, -0.2) is 101 Å². The third-order valence-electron chi connectivity index (χ3n) is 11.0. The fourth-order valence-electron chi connectivity index (χ4n) is 7.58. The van der Waals surface area contributed by atoms with Crippen molar-refractivity contribution in [3.8, 4) is 5.75 Å². The van der Waals surface area contributed by atoms with Crippen molar-refractivity contribution in [2.45, 2.75) is 90.1 Å². The molecule has 1 aromatic heterocycles. The zero-order chi connectivity index (χ0) is 36.7.